The fourth-order valence-corrected chi connectivity index (χ4v) is 5.72. The van der Waals surface area contributed by atoms with Gasteiger partial charge in [-0.3, -0.25) is 9.69 Å². The number of likely N-dealkylation sites (tertiary alicyclic amines) is 1. The van der Waals surface area contributed by atoms with E-state index in [0.717, 1.165) is 36.3 Å². The van der Waals surface area contributed by atoms with Crippen molar-refractivity contribution < 1.29 is 32.5 Å². The van der Waals surface area contributed by atoms with E-state index in [9.17, 15) is 14.3 Å². The van der Waals surface area contributed by atoms with Crippen molar-refractivity contribution in [2.45, 2.75) is 37.5 Å². The van der Waals surface area contributed by atoms with Gasteiger partial charge in [0.2, 0.25) is 0 Å². The Morgan fingerprint density at radius 1 is 1.09 bits per heavy atom. The van der Waals surface area contributed by atoms with E-state index in [-0.39, 0.29) is 0 Å². The molecule has 2 N–H and O–H groups in total. The minimum absolute atomic E-state index is 0.301. The van der Waals surface area contributed by atoms with Crippen molar-refractivity contribution >= 4 is 27.3 Å². The molecule has 0 unspecified atom stereocenters. The molecule has 0 bridgehead atoms. The van der Waals surface area contributed by atoms with E-state index < -0.39 is 34.3 Å². The van der Waals surface area contributed by atoms with E-state index in [1.807, 2.05) is 0 Å². The number of carbonyl (C=O) groups is 1. The first-order valence-electron chi connectivity index (χ1n) is 11.5. The van der Waals surface area contributed by atoms with Crippen LogP contribution < -0.4 is 14.8 Å². The summed E-state index contributed by atoms with van der Waals surface area (Å²) in [7, 11) is 0. The van der Waals surface area contributed by atoms with Crippen LogP contribution in [0.2, 0.25) is 0 Å². The van der Waals surface area contributed by atoms with E-state index in [2.05, 4.69) is 5.32 Å². The molecule has 2 aliphatic heterocycles. The molecular weight excluding hydrogens is 481 g/mol. The molecule has 5 rings (SSSR count). The van der Waals surface area contributed by atoms with Crippen molar-refractivity contribution in [1.82, 2.24) is 10.2 Å². The lowest BCUT2D eigenvalue weighted by Gasteiger charge is -2.42. The van der Waals surface area contributed by atoms with E-state index in [0.29, 0.717) is 53.5 Å². The van der Waals surface area contributed by atoms with Crippen molar-refractivity contribution in [3.63, 3.8) is 0 Å². The first kappa shape index (κ1) is 23.9. The van der Waals surface area contributed by atoms with Gasteiger partial charge in [-0.05, 0) is 61.5 Å². The number of nitrogens with one attached hydrogen (secondary N) is 1. The van der Waals surface area contributed by atoms with Gasteiger partial charge in [0.25, 0.3) is 5.91 Å². The summed E-state index contributed by atoms with van der Waals surface area (Å²) in [6, 6.07) is 8.75. The van der Waals surface area contributed by atoms with Crippen LogP contribution in [0.3, 0.4) is 0 Å². The molecule has 1 fully saturated rings. The maximum Gasteiger partial charge on any atom is 0.358 e. The van der Waals surface area contributed by atoms with Crippen molar-refractivity contribution in [2.75, 3.05) is 26.3 Å². The normalized spacial score (nSPS) is 18.9. The number of hydrogen-bond acceptors (Lipinski definition) is 6. The lowest BCUT2D eigenvalue weighted by atomic mass is 9.93. The topological polar surface area (TPSA) is 71.0 Å². The van der Waals surface area contributed by atoms with E-state index in [4.69, 9.17) is 9.47 Å². The van der Waals surface area contributed by atoms with Gasteiger partial charge in [-0.15, -0.1) is 11.3 Å². The number of benzene rings is 2. The molecule has 1 amide bonds. The van der Waals surface area contributed by atoms with Crippen LogP contribution in [0.1, 0.15) is 30.2 Å². The fourth-order valence-electron chi connectivity index (χ4n) is 4.71. The van der Waals surface area contributed by atoms with Crippen molar-refractivity contribution in [1.29, 1.82) is 0 Å². The van der Waals surface area contributed by atoms with Crippen LogP contribution in [0.5, 0.6) is 11.5 Å². The van der Waals surface area contributed by atoms with Crippen LogP contribution in [-0.4, -0.2) is 48.3 Å². The summed E-state index contributed by atoms with van der Waals surface area (Å²) in [6.07, 6.45) is 1.67. The molecule has 2 aromatic carbocycles. The SMILES string of the molecule is C[C@@H](NC(=O)C(F)(F)c1cc2cc(F)ccc2s1)[C@@](O)(c1ccc2c(c1)OCCO2)N1CCCC1. The Bertz CT molecular complexity index is 1260. The highest BCUT2D eigenvalue weighted by Gasteiger charge is 2.48. The molecule has 2 atom stereocenters. The predicted octanol–water partition coefficient (Wildman–Crippen LogP) is 4.35. The molecule has 0 saturated carbocycles. The molecule has 6 nitrogen and oxygen atoms in total. The van der Waals surface area contributed by atoms with Gasteiger partial charge in [0.05, 0.1) is 10.9 Å². The Morgan fingerprint density at radius 2 is 1.80 bits per heavy atom. The molecule has 1 saturated heterocycles. The minimum atomic E-state index is -3.87. The number of fused-ring (bicyclic) bond motifs is 2. The predicted molar refractivity (Wildman–Crippen MR) is 125 cm³/mol. The number of thiophene rings is 1. The van der Waals surface area contributed by atoms with Crippen LogP contribution in [0, 0.1) is 5.82 Å². The summed E-state index contributed by atoms with van der Waals surface area (Å²) >= 11 is 0.732. The molecule has 3 heterocycles. The molecule has 0 aliphatic carbocycles. The highest BCUT2D eigenvalue weighted by molar-refractivity contribution is 7.19. The number of alkyl halides is 2. The maximum atomic E-state index is 15.2. The lowest BCUT2D eigenvalue weighted by Crippen LogP contribution is -2.59. The summed E-state index contributed by atoms with van der Waals surface area (Å²) in [6.45, 7) is 3.36. The summed E-state index contributed by atoms with van der Waals surface area (Å²) in [5, 5.41) is 14.6. The number of amides is 1. The van der Waals surface area contributed by atoms with Crippen LogP contribution in [0.25, 0.3) is 10.1 Å². The van der Waals surface area contributed by atoms with Gasteiger partial charge in [0, 0.05) is 23.4 Å². The molecule has 35 heavy (non-hydrogen) atoms. The zero-order valence-electron chi connectivity index (χ0n) is 19.0. The van der Waals surface area contributed by atoms with Crippen LogP contribution in [-0.2, 0) is 16.4 Å². The molecule has 1 aromatic heterocycles. The van der Waals surface area contributed by atoms with Crippen LogP contribution in [0.15, 0.2) is 42.5 Å². The third kappa shape index (κ3) is 4.23. The van der Waals surface area contributed by atoms with Gasteiger partial charge in [0.15, 0.2) is 17.2 Å². The Labute approximate surface area is 204 Å². The molecule has 186 valence electrons. The molecule has 0 spiro atoms. The highest BCUT2D eigenvalue weighted by Crippen LogP contribution is 2.41. The second kappa shape index (κ2) is 9.00. The fraction of sp³-hybridized carbons (Fsp3) is 0.400. The van der Waals surface area contributed by atoms with Crippen molar-refractivity contribution in [3.05, 3.63) is 58.7 Å². The number of hydrogen-bond donors (Lipinski definition) is 2. The average Bonchev–Trinajstić information content (AvgIpc) is 3.53. The summed E-state index contributed by atoms with van der Waals surface area (Å²) in [5.41, 5.74) is -1.33. The molecule has 10 heteroatoms. The molecule has 0 radical (unpaired) electrons. The highest BCUT2D eigenvalue weighted by atomic mass is 32.1. The molecule has 2 aliphatic rings. The quantitative estimate of drug-likeness (QED) is 0.520. The first-order valence-corrected chi connectivity index (χ1v) is 12.3. The monoisotopic (exact) mass is 506 g/mol. The zero-order valence-corrected chi connectivity index (χ0v) is 19.8. The van der Waals surface area contributed by atoms with Gasteiger partial charge in [0.1, 0.15) is 19.0 Å². The maximum absolute atomic E-state index is 15.2. The number of nitrogens with zero attached hydrogens (tertiary/aromatic N) is 1. The second-order valence-electron chi connectivity index (χ2n) is 8.84. The number of carbonyl (C=O) groups excluding carboxylic acids is 1. The number of halogens is 3. The van der Waals surface area contributed by atoms with Gasteiger partial charge < -0.3 is 19.9 Å². The van der Waals surface area contributed by atoms with Crippen LogP contribution in [0.4, 0.5) is 13.2 Å². The van der Waals surface area contributed by atoms with Crippen molar-refractivity contribution in [2.24, 2.45) is 0 Å². The summed E-state index contributed by atoms with van der Waals surface area (Å²) in [5.74, 6) is -4.96. The Hall–Kier alpha value is -2.82. The first-order chi connectivity index (χ1) is 16.7. The number of aliphatic hydroxyl groups is 1. The van der Waals surface area contributed by atoms with Gasteiger partial charge in [-0.25, -0.2) is 4.39 Å². The zero-order chi connectivity index (χ0) is 24.8. The molecular formula is C25H25F3N2O4S. The standard InChI is InChI=1S/C25H25F3N2O4S/c1-15(29-23(31)24(27,28)22-13-16-12-18(26)5-7-21(16)35-22)25(32,30-8-2-3-9-30)17-4-6-19-20(14-17)34-11-10-33-19/h4-7,12-15,32H,2-3,8-11H2,1H3,(H,29,31)/t15-,25-/m1/s1. The van der Waals surface area contributed by atoms with E-state index >= 15 is 8.78 Å². The number of rotatable bonds is 6. The second-order valence-corrected chi connectivity index (χ2v) is 9.92. The molecule has 3 aromatic rings. The Morgan fingerprint density at radius 3 is 2.54 bits per heavy atom. The third-order valence-electron chi connectivity index (χ3n) is 6.58. The summed E-state index contributed by atoms with van der Waals surface area (Å²) < 4.78 is 55.6. The average molecular weight is 507 g/mol. The smallest absolute Gasteiger partial charge is 0.358 e. The van der Waals surface area contributed by atoms with E-state index in [1.165, 1.54) is 19.1 Å². The van der Waals surface area contributed by atoms with E-state index in [1.54, 1.807) is 23.1 Å². The third-order valence-corrected chi connectivity index (χ3v) is 7.77. The number of ether oxygens (including phenoxy) is 2. The van der Waals surface area contributed by atoms with Gasteiger partial charge in [-0.1, -0.05) is 6.07 Å². The lowest BCUT2D eigenvalue weighted by molar-refractivity contribution is -0.159. The largest absolute Gasteiger partial charge is 0.486 e. The summed E-state index contributed by atoms with van der Waals surface area (Å²) in [4.78, 5) is 14.1. The van der Waals surface area contributed by atoms with Crippen LogP contribution >= 0.6 is 11.3 Å². The Balaban J connectivity index is 1.44. The van der Waals surface area contributed by atoms with Gasteiger partial charge in [-0.2, -0.15) is 8.78 Å². The minimum Gasteiger partial charge on any atom is -0.486 e. The van der Waals surface area contributed by atoms with Crippen molar-refractivity contribution in [3.8, 4) is 11.5 Å². The Kier molecular flexibility index (Phi) is 6.14. The van der Waals surface area contributed by atoms with Gasteiger partial charge >= 0.3 is 5.92 Å².